The lowest BCUT2D eigenvalue weighted by Gasteiger charge is -2.39. The summed E-state index contributed by atoms with van der Waals surface area (Å²) in [5.74, 6) is 0.516. The van der Waals surface area contributed by atoms with Gasteiger partial charge in [-0.15, -0.1) is 0 Å². The highest BCUT2D eigenvalue weighted by molar-refractivity contribution is 7.91. The molecule has 1 saturated heterocycles. The van der Waals surface area contributed by atoms with Crippen molar-refractivity contribution in [3.05, 3.63) is 0 Å². The molecule has 1 rings (SSSR count). The number of likely N-dealkylation sites (tertiary alicyclic amines) is 1. The lowest BCUT2D eigenvalue weighted by atomic mass is 9.91. The van der Waals surface area contributed by atoms with Gasteiger partial charge in [-0.25, -0.2) is 8.42 Å². The van der Waals surface area contributed by atoms with Crippen molar-refractivity contribution in [2.24, 2.45) is 11.8 Å². The van der Waals surface area contributed by atoms with E-state index < -0.39 is 9.84 Å². The van der Waals surface area contributed by atoms with Gasteiger partial charge in [-0.1, -0.05) is 20.8 Å². The van der Waals surface area contributed by atoms with Gasteiger partial charge in [0, 0.05) is 19.3 Å². The first-order valence-electron chi connectivity index (χ1n) is 5.27. The van der Waals surface area contributed by atoms with Crippen LogP contribution in [0.2, 0.25) is 0 Å². The highest BCUT2D eigenvalue weighted by Gasteiger charge is 2.37. The normalized spacial score (nSPS) is 32.0. The fourth-order valence-electron chi connectivity index (χ4n) is 2.76. The Bertz CT molecular complexity index is 274. The van der Waals surface area contributed by atoms with E-state index in [1.165, 1.54) is 6.26 Å². The Balaban J connectivity index is 2.81. The second-order valence-corrected chi connectivity index (χ2v) is 6.80. The van der Waals surface area contributed by atoms with Crippen LogP contribution in [0.1, 0.15) is 20.8 Å². The van der Waals surface area contributed by atoms with E-state index in [9.17, 15) is 8.42 Å². The largest absolute Gasteiger partial charge is 0.303 e. The number of rotatable bonds is 2. The summed E-state index contributed by atoms with van der Waals surface area (Å²) >= 11 is 0. The van der Waals surface area contributed by atoms with E-state index in [1.54, 1.807) is 0 Å². The molecule has 1 aliphatic heterocycles. The van der Waals surface area contributed by atoms with E-state index in [0.29, 0.717) is 0 Å². The minimum absolute atomic E-state index is 0.148. The summed E-state index contributed by atoms with van der Waals surface area (Å²) in [5, 5.41) is -0.148. The van der Waals surface area contributed by atoms with Crippen LogP contribution >= 0.6 is 0 Å². The molecule has 0 radical (unpaired) electrons. The first kappa shape index (κ1) is 12.0. The van der Waals surface area contributed by atoms with Crippen molar-refractivity contribution >= 4 is 9.84 Å². The minimum Gasteiger partial charge on any atom is -0.303 e. The molecular weight excluding hydrogens is 198 g/mol. The van der Waals surface area contributed by atoms with Crippen LogP contribution in [0.15, 0.2) is 0 Å². The van der Waals surface area contributed by atoms with Crippen LogP contribution in [0.3, 0.4) is 0 Å². The topological polar surface area (TPSA) is 37.4 Å². The van der Waals surface area contributed by atoms with Gasteiger partial charge in [0.25, 0.3) is 0 Å². The Labute approximate surface area is 87.4 Å². The molecule has 1 heterocycles. The molecule has 0 bridgehead atoms. The molecule has 0 aliphatic carbocycles. The second kappa shape index (κ2) is 4.19. The molecule has 1 fully saturated rings. The molecule has 0 unspecified atom stereocenters. The Morgan fingerprint density at radius 1 is 1.21 bits per heavy atom. The standard InChI is InChI=1S/C10H21NO2S/c1-5-11-6-8(2)10(9(3)7-11)14(4,12)13/h8-10H,5-7H2,1-4H3/t8-,9-/m0/s1. The smallest absolute Gasteiger partial charge is 0.150 e. The molecule has 0 aromatic rings. The van der Waals surface area contributed by atoms with Gasteiger partial charge in [0.05, 0.1) is 5.25 Å². The average Bonchev–Trinajstić information content (AvgIpc) is 1.99. The van der Waals surface area contributed by atoms with Crippen molar-refractivity contribution in [3.8, 4) is 0 Å². The molecule has 0 spiro atoms. The van der Waals surface area contributed by atoms with Gasteiger partial charge in [0.2, 0.25) is 0 Å². The molecule has 0 aromatic heterocycles. The van der Waals surface area contributed by atoms with E-state index in [4.69, 9.17) is 0 Å². The maximum absolute atomic E-state index is 11.6. The summed E-state index contributed by atoms with van der Waals surface area (Å²) in [6.07, 6.45) is 1.37. The number of sulfone groups is 1. The molecule has 2 atom stereocenters. The first-order valence-corrected chi connectivity index (χ1v) is 7.23. The molecule has 3 nitrogen and oxygen atoms in total. The van der Waals surface area contributed by atoms with Crippen molar-refractivity contribution < 1.29 is 8.42 Å². The van der Waals surface area contributed by atoms with Crippen molar-refractivity contribution in [3.63, 3.8) is 0 Å². The summed E-state index contributed by atoms with van der Waals surface area (Å²) in [7, 11) is -2.88. The van der Waals surface area contributed by atoms with Crippen molar-refractivity contribution in [1.82, 2.24) is 4.90 Å². The van der Waals surface area contributed by atoms with E-state index in [0.717, 1.165) is 19.6 Å². The minimum atomic E-state index is -2.88. The monoisotopic (exact) mass is 219 g/mol. The zero-order valence-corrected chi connectivity index (χ0v) is 10.3. The quantitative estimate of drug-likeness (QED) is 0.695. The third-order valence-corrected chi connectivity index (χ3v) is 5.07. The SMILES string of the molecule is CCN1C[C@H](C)C(S(C)(=O)=O)[C@@H](C)C1. The summed E-state index contributed by atoms with van der Waals surface area (Å²) < 4.78 is 23.2. The van der Waals surface area contributed by atoms with Crippen LogP contribution in [0.4, 0.5) is 0 Å². The van der Waals surface area contributed by atoms with Crippen molar-refractivity contribution in [2.45, 2.75) is 26.0 Å². The van der Waals surface area contributed by atoms with Crippen LogP contribution < -0.4 is 0 Å². The zero-order chi connectivity index (χ0) is 10.9. The van der Waals surface area contributed by atoms with Crippen LogP contribution in [0.5, 0.6) is 0 Å². The van der Waals surface area contributed by atoms with Crippen molar-refractivity contribution in [1.29, 1.82) is 0 Å². The fourth-order valence-corrected chi connectivity index (χ4v) is 4.62. The maximum Gasteiger partial charge on any atom is 0.150 e. The van der Waals surface area contributed by atoms with Gasteiger partial charge >= 0.3 is 0 Å². The number of piperidine rings is 1. The number of nitrogens with zero attached hydrogens (tertiary/aromatic N) is 1. The fraction of sp³-hybridized carbons (Fsp3) is 1.00. The molecule has 0 amide bonds. The van der Waals surface area contributed by atoms with Gasteiger partial charge in [0.1, 0.15) is 0 Å². The molecule has 84 valence electrons. The van der Waals surface area contributed by atoms with Crippen LogP contribution in [0, 0.1) is 11.8 Å². The summed E-state index contributed by atoms with van der Waals surface area (Å²) in [5.41, 5.74) is 0. The number of hydrogen-bond acceptors (Lipinski definition) is 3. The van der Waals surface area contributed by atoms with E-state index >= 15 is 0 Å². The maximum atomic E-state index is 11.6. The molecule has 0 N–H and O–H groups in total. The Hall–Kier alpha value is -0.0900. The second-order valence-electron chi connectivity index (χ2n) is 4.60. The van der Waals surface area contributed by atoms with Crippen LogP contribution in [-0.4, -0.2) is 44.5 Å². The third kappa shape index (κ3) is 2.48. The molecule has 1 aliphatic rings. The van der Waals surface area contributed by atoms with E-state index in [1.807, 2.05) is 13.8 Å². The van der Waals surface area contributed by atoms with Crippen LogP contribution in [0.25, 0.3) is 0 Å². The summed E-state index contributed by atoms with van der Waals surface area (Å²) in [6.45, 7) is 9.07. The predicted molar refractivity (Wildman–Crippen MR) is 59.1 cm³/mol. The van der Waals surface area contributed by atoms with Gasteiger partial charge < -0.3 is 4.90 Å². The number of hydrogen-bond donors (Lipinski definition) is 0. The summed E-state index contributed by atoms with van der Waals surface area (Å²) in [4.78, 5) is 2.33. The zero-order valence-electron chi connectivity index (χ0n) is 9.53. The Morgan fingerprint density at radius 3 is 1.93 bits per heavy atom. The first-order chi connectivity index (χ1) is 6.36. The van der Waals surface area contributed by atoms with Crippen molar-refractivity contribution in [2.75, 3.05) is 25.9 Å². The Morgan fingerprint density at radius 2 is 1.64 bits per heavy atom. The van der Waals surface area contributed by atoms with E-state index in [2.05, 4.69) is 11.8 Å². The molecule has 4 heteroatoms. The summed E-state index contributed by atoms with van der Waals surface area (Å²) in [6, 6.07) is 0. The third-order valence-electron chi connectivity index (χ3n) is 3.16. The lowest BCUT2D eigenvalue weighted by Crippen LogP contribution is -2.50. The molecule has 0 aromatic carbocycles. The lowest BCUT2D eigenvalue weighted by molar-refractivity contribution is 0.151. The highest BCUT2D eigenvalue weighted by Crippen LogP contribution is 2.27. The molecule has 14 heavy (non-hydrogen) atoms. The van der Waals surface area contributed by atoms with Gasteiger partial charge in [-0.2, -0.15) is 0 Å². The van der Waals surface area contributed by atoms with Gasteiger partial charge in [-0.3, -0.25) is 0 Å². The van der Waals surface area contributed by atoms with Gasteiger partial charge in [-0.05, 0) is 18.4 Å². The highest BCUT2D eigenvalue weighted by atomic mass is 32.2. The Kier molecular flexibility index (Phi) is 3.58. The van der Waals surface area contributed by atoms with Crippen LogP contribution in [-0.2, 0) is 9.84 Å². The van der Waals surface area contributed by atoms with E-state index in [-0.39, 0.29) is 17.1 Å². The van der Waals surface area contributed by atoms with Gasteiger partial charge in [0.15, 0.2) is 9.84 Å². The predicted octanol–water partition coefficient (Wildman–Crippen LogP) is 1.01. The average molecular weight is 219 g/mol. The molecule has 0 saturated carbocycles. The molecular formula is C10H21NO2S.